The highest BCUT2D eigenvalue weighted by atomic mass is 32.2. The van der Waals surface area contributed by atoms with E-state index in [1.165, 1.54) is 11.8 Å². The van der Waals surface area contributed by atoms with E-state index in [4.69, 9.17) is 4.42 Å². The Hall–Kier alpha value is -2.46. The summed E-state index contributed by atoms with van der Waals surface area (Å²) >= 11 is 1.20. The Kier molecular flexibility index (Phi) is 5.29. The molecule has 0 saturated heterocycles. The predicted octanol–water partition coefficient (Wildman–Crippen LogP) is 5.88. The van der Waals surface area contributed by atoms with Crippen molar-refractivity contribution in [3.05, 3.63) is 75.6 Å². The van der Waals surface area contributed by atoms with Crippen molar-refractivity contribution in [2.75, 3.05) is 0 Å². The number of phenols is 1. The van der Waals surface area contributed by atoms with Gasteiger partial charge in [0.25, 0.3) is 5.12 Å². The maximum absolute atomic E-state index is 12.3. The zero-order valence-corrected chi connectivity index (χ0v) is 15.1. The highest BCUT2D eigenvalue weighted by molar-refractivity contribution is 8.17. The van der Waals surface area contributed by atoms with Gasteiger partial charge in [0.2, 0.25) is 0 Å². The number of carbonyl (C=O) groups excluding carboxylic acids is 1. The Morgan fingerprint density at radius 3 is 2.60 bits per heavy atom. The fraction of sp³-hybridized carbons (Fsp3) is 0.190. The van der Waals surface area contributed by atoms with Gasteiger partial charge in [0.1, 0.15) is 11.5 Å². The topological polar surface area (TPSA) is 50.4 Å². The number of furan rings is 1. The number of aromatic hydroxyl groups is 1. The lowest BCUT2D eigenvalue weighted by atomic mass is 10.1. The standard InChI is InChI=1S/C21H20O3S/c1-14-12-16(13-15(2)20(14)22)8-9-17-10-11-19(24-17)21(23)25-18-6-4-3-5-7-18/h4,6-13,22H,3,5H2,1-2H3/b9-8+. The van der Waals surface area contributed by atoms with Gasteiger partial charge in [0, 0.05) is 4.91 Å². The van der Waals surface area contributed by atoms with Gasteiger partial charge >= 0.3 is 0 Å². The smallest absolute Gasteiger partial charge is 0.259 e. The van der Waals surface area contributed by atoms with Gasteiger partial charge in [-0.2, -0.15) is 0 Å². The second kappa shape index (κ2) is 7.62. The molecule has 1 N–H and O–H groups in total. The molecule has 0 fully saturated rings. The van der Waals surface area contributed by atoms with Crippen LogP contribution in [-0.4, -0.2) is 10.2 Å². The van der Waals surface area contributed by atoms with Crippen molar-refractivity contribution in [2.45, 2.75) is 26.7 Å². The molecule has 1 aromatic heterocycles. The molecule has 1 aromatic carbocycles. The van der Waals surface area contributed by atoms with Crippen molar-refractivity contribution in [3.63, 3.8) is 0 Å². The third-order valence-electron chi connectivity index (χ3n) is 3.95. The summed E-state index contributed by atoms with van der Waals surface area (Å²) < 4.78 is 5.64. The first kappa shape index (κ1) is 17.4. The zero-order chi connectivity index (χ0) is 17.8. The highest BCUT2D eigenvalue weighted by Crippen LogP contribution is 2.27. The number of rotatable bonds is 4. The van der Waals surface area contributed by atoms with Crippen molar-refractivity contribution in [3.8, 4) is 5.75 Å². The second-order valence-corrected chi connectivity index (χ2v) is 7.06. The molecule has 0 amide bonds. The lowest BCUT2D eigenvalue weighted by molar-refractivity contribution is 0.106. The molecule has 0 aliphatic heterocycles. The van der Waals surface area contributed by atoms with E-state index in [0.717, 1.165) is 34.4 Å². The molecule has 0 saturated carbocycles. The minimum Gasteiger partial charge on any atom is -0.507 e. The number of benzene rings is 1. The first-order valence-electron chi connectivity index (χ1n) is 8.20. The van der Waals surface area contributed by atoms with Crippen LogP contribution in [0.2, 0.25) is 0 Å². The van der Waals surface area contributed by atoms with Crippen LogP contribution in [0.4, 0.5) is 0 Å². The van der Waals surface area contributed by atoms with E-state index in [1.54, 1.807) is 12.1 Å². The molecule has 1 heterocycles. The van der Waals surface area contributed by atoms with Gasteiger partial charge in [-0.25, -0.2) is 0 Å². The van der Waals surface area contributed by atoms with E-state index in [2.05, 4.69) is 12.2 Å². The Labute approximate surface area is 151 Å². The van der Waals surface area contributed by atoms with Crippen LogP contribution in [0.15, 0.2) is 51.8 Å². The average molecular weight is 352 g/mol. The van der Waals surface area contributed by atoms with Gasteiger partial charge in [-0.1, -0.05) is 24.3 Å². The lowest BCUT2D eigenvalue weighted by Gasteiger charge is -2.04. The summed E-state index contributed by atoms with van der Waals surface area (Å²) in [7, 11) is 0. The second-order valence-electron chi connectivity index (χ2n) is 6.01. The van der Waals surface area contributed by atoms with Crippen LogP contribution in [0.3, 0.4) is 0 Å². The third kappa shape index (κ3) is 4.34. The number of hydrogen-bond acceptors (Lipinski definition) is 4. The predicted molar refractivity (Wildman–Crippen MR) is 104 cm³/mol. The maximum Gasteiger partial charge on any atom is 0.259 e. The minimum absolute atomic E-state index is 0.0891. The maximum atomic E-state index is 12.3. The monoisotopic (exact) mass is 352 g/mol. The molecule has 25 heavy (non-hydrogen) atoms. The van der Waals surface area contributed by atoms with Crippen LogP contribution in [0.5, 0.6) is 5.75 Å². The van der Waals surface area contributed by atoms with E-state index in [1.807, 2.05) is 44.2 Å². The summed E-state index contributed by atoms with van der Waals surface area (Å²) in [5.74, 6) is 1.30. The summed E-state index contributed by atoms with van der Waals surface area (Å²) in [4.78, 5) is 13.2. The van der Waals surface area contributed by atoms with E-state index >= 15 is 0 Å². The van der Waals surface area contributed by atoms with Crippen LogP contribution in [0.25, 0.3) is 12.2 Å². The Morgan fingerprint density at radius 2 is 1.92 bits per heavy atom. The van der Waals surface area contributed by atoms with Gasteiger partial charge in [-0.3, -0.25) is 4.79 Å². The van der Waals surface area contributed by atoms with Crippen LogP contribution in [0, 0.1) is 13.8 Å². The molecule has 2 aromatic rings. The molecule has 1 aliphatic carbocycles. The molecule has 128 valence electrons. The quantitative estimate of drug-likeness (QED) is 0.746. The molecular formula is C21H20O3S. The van der Waals surface area contributed by atoms with Crippen LogP contribution in [-0.2, 0) is 0 Å². The number of phenolic OH excluding ortho intramolecular Hbond substituents is 1. The first-order valence-corrected chi connectivity index (χ1v) is 9.01. The van der Waals surface area contributed by atoms with Gasteiger partial charge in [0.05, 0.1) is 0 Å². The molecule has 0 bridgehead atoms. The Balaban J connectivity index is 1.70. The van der Waals surface area contributed by atoms with Gasteiger partial charge in [-0.15, -0.1) is 0 Å². The van der Waals surface area contributed by atoms with E-state index < -0.39 is 0 Å². The first-order chi connectivity index (χ1) is 12.0. The fourth-order valence-electron chi connectivity index (χ4n) is 2.64. The number of carbonyl (C=O) groups is 1. The van der Waals surface area contributed by atoms with Crippen molar-refractivity contribution in [2.24, 2.45) is 0 Å². The number of aryl methyl sites for hydroxylation is 2. The molecule has 1 aliphatic rings. The highest BCUT2D eigenvalue weighted by Gasteiger charge is 2.13. The van der Waals surface area contributed by atoms with E-state index in [9.17, 15) is 9.90 Å². The van der Waals surface area contributed by atoms with E-state index in [0.29, 0.717) is 17.3 Å². The molecular weight excluding hydrogens is 332 g/mol. The summed E-state index contributed by atoms with van der Waals surface area (Å²) in [6.45, 7) is 3.74. The molecule has 0 spiro atoms. The number of hydrogen-bond donors (Lipinski definition) is 1. The van der Waals surface area contributed by atoms with Crippen LogP contribution < -0.4 is 0 Å². The minimum atomic E-state index is -0.0891. The largest absolute Gasteiger partial charge is 0.507 e. The average Bonchev–Trinajstić information content (AvgIpc) is 3.08. The normalized spacial score (nSPS) is 14.1. The molecule has 3 nitrogen and oxygen atoms in total. The van der Waals surface area contributed by atoms with Crippen molar-refractivity contribution >= 4 is 29.0 Å². The molecule has 0 unspecified atom stereocenters. The lowest BCUT2D eigenvalue weighted by Crippen LogP contribution is -1.92. The number of allylic oxidation sites excluding steroid dienone is 3. The van der Waals surface area contributed by atoms with Gasteiger partial charge < -0.3 is 9.52 Å². The molecule has 3 rings (SSSR count). The summed E-state index contributed by atoms with van der Waals surface area (Å²) in [6.07, 6.45) is 11.9. The summed E-state index contributed by atoms with van der Waals surface area (Å²) in [6, 6.07) is 7.31. The fourth-order valence-corrected chi connectivity index (χ4v) is 3.43. The van der Waals surface area contributed by atoms with E-state index in [-0.39, 0.29) is 5.12 Å². The van der Waals surface area contributed by atoms with Gasteiger partial charge in [-0.05, 0) is 85.5 Å². The summed E-state index contributed by atoms with van der Waals surface area (Å²) in [5, 5.41) is 9.73. The number of thioether (sulfide) groups is 1. The van der Waals surface area contributed by atoms with Gasteiger partial charge in [0.15, 0.2) is 5.76 Å². The van der Waals surface area contributed by atoms with Crippen LogP contribution >= 0.6 is 11.8 Å². The Bertz CT molecular complexity index is 861. The molecule has 0 atom stereocenters. The molecule has 4 heteroatoms. The zero-order valence-electron chi connectivity index (χ0n) is 14.3. The Morgan fingerprint density at radius 1 is 1.16 bits per heavy atom. The van der Waals surface area contributed by atoms with Crippen molar-refractivity contribution in [1.82, 2.24) is 0 Å². The van der Waals surface area contributed by atoms with Crippen molar-refractivity contribution in [1.29, 1.82) is 0 Å². The summed E-state index contributed by atoms with van der Waals surface area (Å²) in [5.41, 5.74) is 2.64. The third-order valence-corrected chi connectivity index (χ3v) is 4.88. The molecule has 0 radical (unpaired) electrons. The van der Waals surface area contributed by atoms with Crippen LogP contribution in [0.1, 0.15) is 45.8 Å². The SMILES string of the molecule is Cc1cc(/C=C/c2ccc(C(=O)SC3=CCCC=C3)o2)cc(C)c1O. The van der Waals surface area contributed by atoms with Crippen molar-refractivity contribution < 1.29 is 14.3 Å².